The quantitative estimate of drug-likeness (QED) is 0.119. The van der Waals surface area contributed by atoms with E-state index in [1.54, 1.807) is 58.8 Å². The van der Waals surface area contributed by atoms with E-state index in [0.717, 1.165) is 6.26 Å². The number of sulfonamides is 1. The zero-order valence-corrected chi connectivity index (χ0v) is 30.3. The number of benzene rings is 2. The van der Waals surface area contributed by atoms with Crippen molar-refractivity contribution in [3.05, 3.63) is 76.9 Å². The summed E-state index contributed by atoms with van der Waals surface area (Å²) in [5.41, 5.74) is 10.4. The molecule has 0 atom stereocenters. The summed E-state index contributed by atoms with van der Waals surface area (Å²) in [5.74, 6) is -0.839. The number of carbonyl (C=O) groups excluding carboxylic acids is 3. The number of aryl methyl sites for hydroxylation is 6. The summed E-state index contributed by atoms with van der Waals surface area (Å²) in [6, 6.07) is 13.5. The lowest BCUT2D eigenvalue weighted by atomic mass is 10.2. The minimum absolute atomic E-state index is 0.243. The van der Waals surface area contributed by atoms with Gasteiger partial charge in [-0.1, -0.05) is 6.07 Å². The highest BCUT2D eigenvalue weighted by molar-refractivity contribution is 7.92. The molecular weight excluding hydrogens is 689 g/mol. The van der Waals surface area contributed by atoms with Gasteiger partial charge in [0.25, 0.3) is 11.8 Å². The number of primary amides is 1. The van der Waals surface area contributed by atoms with Gasteiger partial charge in [-0.05, 0) is 83.0 Å². The normalized spacial score (nSPS) is 11.7. The third-order valence-corrected chi connectivity index (χ3v) is 9.03. The Kier molecular flexibility index (Phi) is 9.83. The number of fused-ring (bicyclic) bond motifs is 2. The van der Waals surface area contributed by atoms with Crippen LogP contribution >= 0.6 is 0 Å². The fourth-order valence-electron chi connectivity index (χ4n) is 6.17. The molecule has 0 aliphatic carbocycles. The molecule has 0 saturated heterocycles. The van der Waals surface area contributed by atoms with Crippen molar-refractivity contribution in [1.29, 1.82) is 0 Å². The highest BCUT2D eigenvalue weighted by Crippen LogP contribution is 2.29. The van der Waals surface area contributed by atoms with E-state index in [4.69, 9.17) is 5.73 Å². The van der Waals surface area contributed by atoms with E-state index in [9.17, 15) is 22.8 Å². The Labute approximate surface area is 299 Å². The molecule has 18 heteroatoms. The molecule has 0 saturated carbocycles. The van der Waals surface area contributed by atoms with Crippen LogP contribution in [0, 0.1) is 13.8 Å². The van der Waals surface area contributed by atoms with Crippen LogP contribution < -0.4 is 21.1 Å². The van der Waals surface area contributed by atoms with E-state index in [1.165, 1.54) is 0 Å². The number of hydrogen-bond donors (Lipinski definition) is 4. The van der Waals surface area contributed by atoms with Crippen LogP contribution in [0.1, 0.15) is 69.4 Å². The van der Waals surface area contributed by atoms with Crippen LogP contribution in [0.5, 0.6) is 0 Å². The summed E-state index contributed by atoms with van der Waals surface area (Å²) in [7, 11) is -3.62. The first-order valence-corrected chi connectivity index (χ1v) is 18.6. The molecule has 6 aromatic rings. The number of aromatic nitrogens is 8. The van der Waals surface area contributed by atoms with Crippen LogP contribution in [0.15, 0.2) is 48.5 Å². The van der Waals surface area contributed by atoms with Crippen LogP contribution in [0.25, 0.3) is 22.1 Å². The van der Waals surface area contributed by atoms with Crippen LogP contribution in [-0.4, -0.2) is 71.1 Å². The summed E-state index contributed by atoms with van der Waals surface area (Å²) in [4.78, 5) is 48.1. The van der Waals surface area contributed by atoms with Crippen molar-refractivity contribution in [2.24, 2.45) is 5.73 Å². The maximum absolute atomic E-state index is 13.5. The van der Waals surface area contributed by atoms with E-state index >= 15 is 0 Å². The summed E-state index contributed by atoms with van der Waals surface area (Å²) in [6.45, 7) is 9.23. The van der Waals surface area contributed by atoms with Gasteiger partial charge in [-0.3, -0.25) is 39.1 Å². The van der Waals surface area contributed by atoms with Crippen molar-refractivity contribution in [1.82, 2.24) is 38.7 Å². The number of hydrogen-bond acceptors (Lipinski definition) is 9. The van der Waals surface area contributed by atoms with Gasteiger partial charge in [0.15, 0.2) is 0 Å². The Morgan fingerprint density at radius 2 is 1.33 bits per heavy atom. The molecule has 4 aromatic heterocycles. The van der Waals surface area contributed by atoms with Crippen LogP contribution in [-0.2, 0) is 36.2 Å². The fourth-order valence-corrected chi connectivity index (χ4v) is 6.73. The average molecular weight is 729 g/mol. The Balaban J connectivity index is 1.29. The van der Waals surface area contributed by atoms with Gasteiger partial charge in [-0.2, -0.15) is 10.2 Å². The molecule has 0 radical (unpaired) electrons. The molecule has 52 heavy (non-hydrogen) atoms. The molecule has 3 amide bonds. The van der Waals surface area contributed by atoms with Gasteiger partial charge in [-0.25, -0.2) is 18.4 Å². The van der Waals surface area contributed by atoms with Crippen molar-refractivity contribution in [2.45, 2.75) is 66.7 Å². The Morgan fingerprint density at radius 3 is 1.87 bits per heavy atom. The van der Waals surface area contributed by atoms with Gasteiger partial charge < -0.3 is 14.9 Å². The highest BCUT2D eigenvalue weighted by atomic mass is 32.2. The van der Waals surface area contributed by atoms with E-state index in [0.29, 0.717) is 89.8 Å². The number of nitrogens with two attached hydrogens (primary N) is 1. The van der Waals surface area contributed by atoms with Crippen molar-refractivity contribution in [3.63, 3.8) is 0 Å². The summed E-state index contributed by atoms with van der Waals surface area (Å²) in [5, 5.41) is 14.6. The zero-order chi connectivity index (χ0) is 37.3. The third kappa shape index (κ3) is 7.36. The second-order valence-electron chi connectivity index (χ2n) is 12.4. The lowest BCUT2D eigenvalue weighted by molar-refractivity contribution is 0.0995. The number of para-hydroxylation sites is 1. The molecule has 6 rings (SSSR count). The van der Waals surface area contributed by atoms with Crippen molar-refractivity contribution in [2.75, 3.05) is 21.6 Å². The van der Waals surface area contributed by atoms with Crippen LogP contribution in [0.4, 0.5) is 17.6 Å². The second kappa shape index (κ2) is 14.3. The number of nitrogens with zero attached hydrogens (tertiary/aromatic N) is 8. The Morgan fingerprint density at radius 1 is 0.769 bits per heavy atom. The van der Waals surface area contributed by atoms with Crippen molar-refractivity contribution >= 4 is 67.4 Å². The van der Waals surface area contributed by atoms with E-state index in [2.05, 4.69) is 35.5 Å². The molecule has 2 aromatic carbocycles. The largest absolute Gasteiger partial charge is 0.366 e. The smallest absolute Gasteiger partial charge is 0.276 e. The summed E-state index contributed by atoms with van der Waals surface area (Å²) < 4.78 is 33.8. The maximum Gasteiger partial charge on any atom is 0.276 e. The van der Waals surface area contributed by atoms with E-state index in [1.807, 2.05) is 36.0 Å². The van der Waals surface area contributed by atoms with Gasteiger partial charge in [0, 0.05) is 31.7 Å². The molecule has 0 aliphatic rings. The number of rotatable bonds is 14. The van der Waals surface area contributed by atoms with Gasteiger partial charge in [0.05, 0.1) is 39.9 Å². The van der Waals surface area contributed by atoms with Gasteiger partial charge >= 0.3 is 0 Å². The molecular formula is C34H40N12O5S. The van der Waals surface area contributed by atoms with Crippen LogP contribution in [0.3, 0.4) is 0 Å². The molecule has 272 valence electrons. The molecule has 0 fully saturated rings. The third-order valence-electron chi connectivity index (χ3n) is 8.44. The Bertz CT molecular complexity index is 2450. The summed E-state index contributed by atoms with van der Waals surface area (Å²) in [6.07, 6.45) is 2.23. The summed E-state index contributed by atoms with van der Waals surface area (Å²) >= 11 is 0. The first-order chi connectivity index (χ1) is 24.8. The van der Waals surface area contributed by atoms with Gasteiger partial charge in [-0.15, -0.1) is 0 Å². The maximum atomic E-state index is 13.5. The first kappa shape index (κ1) is 35.8. The van der Waals surface area contributed by atoms with Gasteiger partial charge in [0.1, 0.15) is 16.9 Å². The second-order valence-corrected chi connectivity index (χ2v) is 14.1. The molecule has 5 N–H and O–H groups in total. The highest BCUT2D eigenvalue weighted by Gasteiger charge is 2.22. The van der Waals surface area contributed by atoms with Crippen molar-refractivity contribution < 1.29 is 22.8 Å². The van der Waals surface area contributed by atoms with E-state index < -0.39 is 21.8 Å². The van der Waals surface area contributed by atoms with Crippen LogP contribution in [0.2, 0.25) is 0 Å². The minimum atomic E-state index is -3.62. The molecule has 0 aliphatic heterocycles. The minimum Gasteiger partial charge on any atom is -0.366 e. The lowest BCUT2D eigenvalue weighted by Gasteiger charge is -2.13. The average Bonchev–Trinajstić information content (AvgIpc) is 3.85. The standard InChI is InChI=1S/C34H40N12O5S/c1-6-45-27(17-20(3)40-45)31(48)38-33-36-24-19-22(30(35)47)13-14-25(24)43(33)15-8-9-16-44-26-12-10-11-23(42-52(5,50)51)29(26)37-34(44)39-32(49)28-18-21(4)41-46(28)7-2/h10-14,17-19,42H,6-9,15-16H2,1-5H3,(H2,35,47)(H,36,38,48)(H,37,39,49). The topological polar surface area (TPSA) is 219 Å². The molecule has 0 bridgehead atoms. The zero-order valence-electron chi connectivity index (χ0n) is 29.5. The molecule has 4 heterocycles. The van der Waals surface area contributed by atoms with Gasteiger partial charge in [0.2, 0.25) is 27.8 Å². The van der Waals surface area contributed by atoms with E-state index in [-0.39, 0.29) is 23.1 Å². The number of amides is 3. The number of unbranched alkanes of at least 4 members (excludes halogenated alkanes) is 1. The molecule has 0 unspecified atom stereocenters. The molecule has 17 nitrogen and oxygen atoms in total. The Hall–Kier alpha value is -6.04. The monoisotopic (exact) mass is 728 g/mol. The predicted molar refractivity (Wildman–Crippen MR) is 197 cm³/mol. The predicted octanol–water partition coefficient (Wildman–Crippen LogP) is 3.89. The first-order valence-electron chi connectivity index (χ1n) is 16.7. The lowest BCUT2D eigenvalue weighted by Crippen LogP contribution is -2.20. The van der Waals surface area contributed by atoms with Crippen molar-refractivity contribution in [3.8, 4) is 0 Å². The SMILES string of the molecule is CCn1nc(C)cc1C(=O)Nc1nc2cc(C(N)=O)ccc2n1CCCCn1c(NC(=O)c2cc(C)nn2CC)nc2c(NS(C)(=O)=O)cccc21. The number of nitrogens with one attached hydrogen (secondary N) is 3. The fraction of sp³-hybridized carbons (Fsp3) is 0.324. The number of carbonyl (C=O) groups is 3. The number of anilines is 3. The molecule has 0 spiro atoms. The number of imidazole rings is 2.